The quantitative estimate of drug-likeness (QED) is 0.0809. The van der Waals surface area contributed by atoms with Gasteiger partial charge in [0.1, 0.15) is 0 Å². The molecule has 4 aromatic carbocycles. The number of nitrogens with zero attached hydrogens (tertiary/aromatic N) is 4. The zero-order chi connectivity index (χ0) is 36.4. The van der Waals surface area contributed by atoms with E-state index in [9.17, 15) is 0 Å². The highest BCUT2D eigenvalue weighted by molar-refractivity contribution is 6.09. The summed E-state index contributed by atoms with van der Waals surface area (Å²) >= 11 is 0. The molecule has 0 aliphatic rings. The van der Waals surface area contributed by atoms with Gasteiger partial charge in [0.05, 0.1) is 22.4 Å². The van der Waals surface area contributed by atoms with Gasteiger partial charge in [-0.2, -0.15) is 0 Å². The third-order valence-corrected chi connectivity index (χ3v) is 10.9. The zero-order valence-corrected chi connectivity index (χ0v) is 32.6. The number of rotatable bonds is 19. The fourth-order valence-corrected chi connectivity index (χ4v) is 8.31. The Morgan fingerprint density at radius 1 is 0.418 bits per heavy atom. The van der Waals surface area contributed by atoms with Crippen molar-refractivity contribution in [3.05, 3.63) is 156 Å². The average Bonchev–Trinajstić information content (AvgIpc) is 3.73. The molecule has 7 heteroatoms. The van der Waals surface area contributed by atoms with Crippen LogP contribution in [0.25, 0.3) is 43.6 Å². The standard InChI is InChI=1S/C48H52N6.ClH/c1(13-29-49-35-43-47-41(27-31-51-43)39-23-9-11-25-45(39)53(47)33-15-21-37-17-5-3-6-18-37)2-14-30-50-36-44-48-42(28-32-52-44)40-24-10-12-26-46(40)54(48)34-16-22-38-19-7-4-8-20-38;/h3-12,17-20,23-28,31-32,49-50H,1-2,13-16,21-22,29-30,33-36H2;1H. The minimum Gasteiger partial charge on any atom is -0.339 e. The number of hydrogen-bond acceptors (Lipinski definition) is 4. The van der Waals surface area contributed by atoms with Crippen LogP contribution in [0.3, 0.4) is 0 Å². The van der Waals surface area contributed by atoms with E-state index in [1.165, 1.54) is 80.4 Å². The number of para-hydroxylation sites is 2. The normalized spacial score (nSPS) is 11.6. The molecule has 0 unspecified atom stereocenters. The van der Waals surface area contributed by atoms with E-state index in [4.69, 9.17) is 9.97 Å². The first-order chi connectivity index (χ1) is 26.8. The summed E-state index contributed by atoms with van der Waals surface area (Å²) in [5, 5.41) is 12.7. The second-order valence-corrected chi connectivity index (χ2v) is 14.6. The molecule has 0 fully saturated rings. The maximum absolute atomic E-state index is 4.89. The van der Waals surface area contributed by atoms with Gasteiger partial charge in [-0.05, 0) is 87.0 Å². The van der Waals surface area contributed by atoms with E-state index in [2.05, 4.69) is 141 Å². The number of fused-ring (bicyclic) bond motifs is 6. The number of hydrogen-bond donors (Lipinski definition) is 2. The first-order valence-corrected chi connectivity index (χ1v) is 20.0. The summed E-state index contributed by atoms with van der Waals surface area (Å²) in [5.74, 6) is 0. The van der Waals surface area contributed by atoms with Crippen molar-refractivity contribution in [2.45, 2.75) is 77.5 Å². The molecule has 8 rings (SSSR count). The summed E-state index contributed by atoms with van der Waals surface area (Å²) in [6, 6.07) is 43.6. The molecule has 0 radical (unpaired) electrons. The topological polar surface area (TPSA) is 59.7 Å². The lowest BCUT2D eigenvalue weighted by atomic mass is 10.1. The summed E-state index contributed by atoms with van der Waals surface area (Å²) in [7, 11) is 0. The lowest BCUT2D eigenvalue weighted by molar-refractivity contribution is 0.559. The van der Waals surface area contributed by atoms with Crippen molar-refractivity contribution in [1.82, 2.24) is 29.7 Å². The second-order valence-electron chi connectivity index (χ2n) is 14.6. The Morgan fingerprint density at radius 3 is 1.29 bits per heavy atom. The smallest absolute Gasteiger partial charge is 0.0784 e. The lowest BCUT2D eigenvalue weighted by Crippen LogP contribution is -2.18. The maximum atomic E-state index is 4.89. The Labute approximate surface area is 331 Å². The van der Waals surface area contributed by atoms with E-state index < -0.39 is 0 Å². The van der Waals surface area contributed by atoms with Crippen LogP contribution in [0.5, 0.6) is 0 Å². The SMILES string of the molecule is Cl.c1ccc(CCCn2c3ccccc3c3ccnc(CNCCCCCCNCc4nccc5c6ccccc6n(CCCc6ccccc6)c45)c32)cc1. The van der Waals surface area contributed by atoms with E-state index in [1.54, 1.807) is 0 Å². The van der Waals surface area contributed by atoms with Crippen LogP contribution in [0.4, 0.5) is 0 Å². The van der Waals surface area contributed by atoms with E-state index in [1.807, 2.05) is 12.4 Å². The predicted octanol–water partition coefficient (Wildman–Crippen LogP) is 10.8. The Hall–Kier alpha value is -5.01. The Morgan fingerprint density at radius 2 is 0.836 bits per heavy atom. The summed E-state index contributed by atoms with van der Waals surface area (Å²) in [4.78, 5) is 9.77. The van der Waals surface area contributed by atoms with Crippen LogP contribution in [0, 0.1) is 0 Å². The molecule has 2 N–H and O–H groups in total. The number of halogens is 1. The second kappa shape index (κ2) is 19.0. The van der Waals surface area contributed by atoms with Crippen molar-refractivity contribution < 1.29 is 0 Å². The van der Waals surface area contributed by atoms with Crippen molar-refractivity contribution in [1.29, 1.82) is 0 Å². The van der Waals surface area contributed by atoms with Crippen LogP contribution in [-0.2, 0) is 39.0 Å². The fourth-order valence-electron chi connectivity index (χ4n) is 8.31. The number of aromatic nitrogens is 4. The number of nitrogens with one attached hydrogen (secondary N) is 2. The lowest BCUT2D eigenvalue weighted by Gasteiger charge is -2.12. The third kappa shape index (κ3) is 8.94. The van der Waals surface area contributed by atoms with Gasteiger partial charge in [-0.1, -0.05) is 110 Å². The predicted molar refractivity (Wildman–Crippen MR) is 233 cm³/mol. The first kappa shape index (κ1) is 38.3. The Balaban J connectivity index is 0.00000465. The van der Waals surface area contributed by atoms with Gasteiger partial charge < -0.3 is 19.8 Å². The molecule has 0 atom stereocenters. The highest BCUT2D eigenvalue weighted by Crippen LogP contribution is 2.32. The maximum Gasteiger partial charge on any atom is 0.0784 e. The van der Waals surface area contributed by atoms with Gasteiger partial charge in [-0.3, -0.25) is 9.97 Å². The number of benzene rings is 4. The Bertz CT molecular complexity index is 2250. The molecule has 4 aromatic heterocycles. The molecular formula is C48H53ClN6. The number of pyridine rings is 2. The van der Waals surface area contributed by atoms with Crippen LogP contribution in [0.2, 0.25) is 0 Å². The highest BCUT2D eigenvalue weighted by Gasteiger charge is 2.16. The van der Waals surface area contributed by atoms with Crippen molar-refractivity contribution in [2.24, 2.45) is 0 Å². The molecule has 0 amide bonds. The molecule has 0 bridgehead atoms. The number of aryl methyl sites for hydroxylation is 4. The van der Waals surface area contributed by atoms with Gasteiger partial charge in [0.15, 0.2) is 0 Å². The monoisotopic (exact) mass is 748 g/mol. The van der Waals surface area contributed by atoms with Crippen LogP contribution < -0.4 is 10.6 Å². The van der Waals surface area contributed by atoms with Gasteiger partial charge in [0.25, 0.3) is 0 Å². The van der Waals surface area contributed by atoms with Gasteiger partial charge >= 0.3 is 0 Å². The van der Waals surface area contributed by atoms with Gasteiger partial charge in [0.2, 0.25) is 0 Å². The molecule has 8 aromatic rings. The van der Waals surface area contributed by atoms with E-state index in [0.717, 1.165) is 76.3 Å². The zero-order valence-electron chi connectivity index (χ0n) is 31.8. The van der Waals surface area contributed by atoms with Crippen LogP contribution >= 0.6 is 12.4 Å². The number of unbranched alkanes of at least 4 members (excludes halogenated alkanes) is 3. The molecule has 0 saturated heterocycles. The van der Waals surface area contributed by atoms with Crippen LogP contribution in [0.1, 0.15) is 61.0 Å². The molecule has 0 spiro atoms. The Kier molecular flexibility index (Phi) is 13.2. The third-order valence-electron chi connectivity index (χ3n) is 10.9. The molecule has 6 nitrogen and oxygen atoms in total. The summed E-state index contributed by atoms with van der Waals surface area (Å²) in [6.07, 6.45) is 13.1. The summed E-state index contributed by atoms with van der Waals surface area (Å²) in [5.41, 5.74) is 10.3. The van der Waals surface area contributed by atoms with Crippen molar-refractivity contribution >= 4 is 56.0 Å². The average molecular weight is 749 g/mol. The molecule has 4 heterocycles. The summed E-state index contributed by atoms with van der Waals surface area (Å²) < 4.78 is 5.01. The summed E-state index contributed by atoms with van der Waals surface area (Å²) in [6.45, 7) is 5.54. The molecule has 0 saturated carbocycles. The van der Waals surface area contributed by atoms with E-state index >= 15 is 0 Å². The molecule has 0 aliphatic carbocycles. The molecule has 0 aliphatic heterocycles. The van der Waals surface area contributed by atoms with Crippen molar-refractivity contribution in [3.8, 4) is 0 Å². The van der Waals surface area contributed by atoms with Crippen LogP contribution in [0.15, 0.2) is 134 Å². The van der Waals surface area contributed by atoms with Crippen LogP contribution in [-0.4, -0.2) is 32.2 Å². The highest BCUT2D eigenvalue weighted by atomic mass is 35.5. The van der Waals surface area contributed by atoms with Crippen molar-refractivity contribution in [3.63, 3.8) is 0 Å². The van der Waals surface area contributed by atoms with Crippen molar-refractivity contribution in [2.75, 3.05) is 13.1 Å². The minimum atomic E-state index is 0. The van der Waals surface area contributed by atoms with Gasteiger partial charge in [0, 0.05) is 71.2 Å². The molecule has 282 valence electrons. The molecule has 55 heavy (non-hydrogen) atoms. The largest absolute Gasteiger partial charge is 0.339 e. The van der Waals surface area contributed by atoms with E-state index in [-0.39, 0.29) is 12.4 Å². The van der Waals surface area contributed by atoms with Gasteiger partial charge in [-0.25, -0.2) is 0 Å². The fraction of sp³-hybridized carbons (Fsp3) is 0.292. The molecular weight excluding hydrogens is 696 g/mol. The minimum absolute atomic E-state index is 0. The first-order valence-electron chi connectivity index (χ1n) is 20.0. The van der Waals surface area contributed by atoms with E-state index in [0.29, 0.717) is 0 Å². The van der Waals surface area contributed by atoms with Gasteiger partial charge in [-0.15, -0.1) is 12.4 Å².